The van der Waals surface area contributed by atoms with Crippen LogP contribution in [0.15, 0.2) is 16.2 Å². The van der Waals surface area contributed by atoms with Crippen LogP contribution in [0.4, 0.5) is 0 Å². The Hall–Kier alpha value is -0.590. The van der Waals surface area contributed by atoms with Gasteiger partial charge in [-0.05, 0) is 36.8 Å². The smallest absolute Gasteiger partial charge is 0.263 e. The van der Waals surface area contributed by atoms with E-state index in [2.05, 4.69) is 4.98 Å². The maximum Gasteiger partial charge on any atom is 0.263 e. The van der Waals surface area contributed by atoms with Crippen LogP contribution in [-0.4, -0.2) is 21.6 Å². The lowest BCUT2D eigenvalue weighted by Crippen LogP contribution is -2.25. The zero-order valence-electron chi connectivity index (χ0n) is 9.02. The van der Waals surface area contributed by atoms with E-state index < -0.39 is 0 Å². The molecule has 2 aromatic heterocycles. The summed E-state index contributed by atoms with van der Waals surface area (Å²) in [6.45, 7) is 2.01. The van der Waals surface area contributed by atoms with Crippen molar-refractivity contribution in [2.24, 2.45) is 0 Å². The van der Waals surface area contributed by atoms with Crippen molar-refractivity contribution in [2.75, 3.05) is 12.0 Å². The van der Waals surface area contributed by atoms with E-state index in [1.807, 2.05) is 24.6 Å². The molecule has 1 N–H and O–H groups in total. The molecule has 3 nitrogen and oxygen atoms in total. The van der Waals surface area contributed by atoms with Gasteiger partial charge in [-0.3, -0.25) is 9.36 Å². The summed E-state index contributed by atoms with van der Waals surface area (Å²) in [7, 11) is 0. The zero-order chi connectivity index (χ0) is 11.7. The standard InChI is InChI=1S/C10H12N2OS3/c1-6(5-15-2)12-9(13)7-3-4-16-8(7)11-10(12)14/h3-4,6H,5H2,1-2H3,(H,11,14). The first-order valence-electron chi connectivity index (χ1n) is 4.86. The Morgan fingerprint density at radius 2 is 2.44 bits per heavy atom. The monoisotopic (exact) mass is 272 g/mol. The predicted octanol–water partition coefficient (Wildman–Crippen LogP) is 3.04. The highest BCUT2D eigenvalue weighted by Crippen LogP contribution is 2.16. The van der Waals surface area contributed by atoms with Gasteiger partial charge in [-0.15, -0.1) is 11.3 Å². The summed E-state index contributed by atoms with van der Waals surface area (Å²) in [5, 5.41) is 2.63. The van der Waals surface area contributed by atoms with E-state index in [0.717, 1.165) is 16.0 Å². The lowest BCUT2D eigenvalue weighted by atomic mass is 10.3. The number of aromatic nitrogens is 2. The molecule has 2 heterocycles. The van der Waals surface area contributed by atoms with Crippen LogP contribution < -0.4 is 5.56 Å². The second-order valence-electron chi connectivity index (χ2n) is 3.57. The number of hydrogen-bond acceptors (Lipinski definition) is 4. The number of nitrogens with zero attached hydrogens (tertiary/aromatic N) is 1. The number of thioether (sulfide) groups is 1. The van der Waals surface area contributed by atoms with E-state index in [4.69, 9.17) is 12.2 Å². The summed E-state index contributed by atoms with van der Waals surface area (Å²) in [5.41, 5.74) is 0.0153. The molecule has 16 heavy (non-hydrogen) atoms. The Kier molecular flexibility index (Phi) is 3.51. The van der Waals surface area contributed by atoms with Gasteiger partial charge in [-0.25, -0.2) is 0 Å². The van der Waals surface area contributed by atoms with E-state index in [9.17, 15) is 4.79 Å². The fourth-order valence-corrected chi connectivity index (χ4v) is 3.51. The average Bonchev–Trinajstić information content (AvgIpc) is 2.66. The summed E-state index contributed by atoms with van der Waals surface area (Å²) in [6, 6.07) is 1.96. The van der Waals surface area contributed by atoms with E-state index in [1.54, 1.807) is 16.3 Å². The summed E-state index contributed by atoms with van der Waals surface area (Å²) in [4.78, 5) is 16.2. The molecule has 6 heteroatoms. The molecule has 2 rings (SSSR count). The van der Waals surface area contributed by atoms with E-state index >= 15 is 0 Å². The second-order valence-corrected chi connectivity index (χ2v) is 5.79. The number of nitrogens with one attached hydrogen (secondary N) is 1. The van der Waals surface area contributed by atoms with Crippen molar-refractivity contribution in [3.63, 3.8) is 0 Å². The van der Waals surface area contributed by atoms with Crippen LogP contribution >= 0.6 is 35.3 Å². The van der Waals surface area contributed by atoms with Crippen LogP contribution in [0.3, 0.4) is 0 Å². The quantitative estimate of drug-likeness (QED) is 0.873. The number of hydrogen-bond donors (Lipinski definition) is 1. The van der Waals surface area contributed by atoms with Gasteiger partial charge in [0.25, 0.3) is 5.56 Å². The molecule has 0 aliphatic carbocycles. The van der Waals surface area contributed by atoms with Crippen molar-refractivity contribution in [3.05, 3.63) is 26.6 Å². The normalized spacial score (nSPS) is 13.1. The van der Waals surface area contributed by atoms with Gasteiger partial charge in [0, 0.05) is 11.8 Å². The lowest BCUT2D eigenvalue weighted by molar-refractivity contribution is 0.574. The third kappa shape index (κ3) is 1.97. The van der Waals surface area contributed by atoms with E-state index in [1.165, 1.54) is 11.3 Å². The van der Waals surface area contributed by atoms with Gasteiger partial charge in [0.2, 0.25) is 0 Å². The molecule has 0 saturated heterocycles. The van der Waals surface area contributed by atoms with Crippen LogP contribution in [0.2, 0.25) is 0 Å². The SMILES string of the molecule is CSCC(C)n1c(=S)[nH]c2sccc2c1=O. The van der Waals surface area contributed by atoms with Crippen molar-refractivity contribution in [3.8, 4) is 0 Å². The maximum absolute atomic E-state index is 12.2. The largest absolute Gasteiger partial charge is 0.323 e. The Morgan fingerprint density at radius 3 is 3.12 bits per heavy atom. The predicted molar refractivity (Wildman–Crippen MR) is 74.4 cm³/mol. The zero-order valence-corrected chi connectivity index (χ0v) is 11.5. The number of rotatable bonds is 3. The van der Waals surface area contributed by atoms with E-state index in [0.29, 0.717) is 4.77 Å². The summed E-state index contributed by atoms with van der Waals surface area (Å²) < 4.78 is 2.18. The molecule has 86 valence electrons. The number of aromatic amines is 1. The molecular formula is C10H12N2OS3. The number of H-pyrrole nitrogens is 1. The first-order valence-corrected chi connectivity index (χ1v) is 7.54. The highest BCUT2D eigenvalue weighted by atomic mass is 32.2. The van der Waals surface area contributed by atoms with Crippen molar-refractivity contribution in [1.82, 2.24) is 9.55 Å². The van der Waals surface area contributed by atoms with Crippen molar-refractivity contribution < 1.29 is 0 Å². The third-order valence-corrected chi connectivity index (χ3v) is 4.35. The molecule has 0 aromatic carbocycles. The van der Waals surface area contributed by atoms with Crippen molar-refractivity contribution >= 4 is 45.5 Å². The third-order valence-electron chi connectivity index (χ3n) is 2.40. The summed E-state index contributed by atoms with van der Waals surface area (Å²) in [6.07, 6.45) is 2.03. The highest BCUT2D eigenvalue weighted by Gasteiger charge is 2.11. The van der Waals surface area contributed by atoms with Gasteiger partial charge in [0.05, 0.1) is 5.39 Å². The lowest BCUT2D eigenvalue weighted by Gasteiger charge is -2.13. The molecular weight excluding hydrogens is 260 g/mol. The number of fused-ring (bicyclic) bond motifs is 1. The minimum Gasteiger partial charge on any atom is -0.323 e. The van der Waals surface area contributed by atoms with Crippen LogP contribution in [-0.2, 0) is 0 Å². The highest BCUT2D eigenvalue weighted by molar-refractivity contribution is 7.98. The maximum atomic E-state index is 12.2. The summed E-state index contributed by atoms with van der Waals surface area (Å²) >= 11 is 8.45. The molecule has 0 bridgehead atoms. The van der Waals surface area contributed by atoms with Gasteiger partial charge in [-0.1, -0.05) is 0 Å². The fourth-order valence-electron chi connectivity index (χ4n) is 1.67. The Balaban J connectivity index is 2.69. The molecule has 0 aliphatic rings. The molecule has 0 amide bonds. The Bertz CT molecular complexity index is 610. The van der Waals surface area contributed by atoms with Crippen molar-refractivity contribution in [1.29, 1.82) is 0 Å². The van der Waals surface area contributed by atoms with E-state index in [-0.39, 0.29) is 11.6 Å². The van der Waals surface area contributed by atoms with Crippen LogP contribution in [0.25, 0.3) is 10.2 Å². The minimum atomic E-state index is 0.0153. The summed E-state index contributed by atoms with van der Waals surface area (Å²) in [5.74, 6) is 0.882. The van der Waals surface area contributed by atoms with Gasteiger partial charge >= 0.3 is 0 Å². The van der Waals surface area contributed by atoms with Gasteiger partial charge < -0.3 is 4.98 Å². The number of thiophene rings is 1. The van der Waals surface area contributed by atoms with Crippen molar-refractivity contribution in [2.45, 2.75) is 13.0 Å². The Labute approximate surface area is 107 Å². The molecule has 0 fully saturated rings. The van der Waals surface area contributed by atoms with Gasteiger partial charge in [0.15, 0.2) is 4.77 Å². The van der Waals surface area contributed by atoms with Crippen LogP contribution in [0, 0.1) is 4.77 Å². The Morgan fingerprint density at radius 1 is 1.69 bits per heavy atom. The molecule has 2 aromatic rings. The first-order chi connectivity index (χ1) is 7.65. The van der Waals surface area contributed by atoms with Crippen LogP contribution in [0.1, 0.15) is 13.0 Å². The minimum absolute atomic E-state index is 0.0153. The molecule has 1 unspecified atom stereocenters. The second kappa shape index (κ2) is 4.73. The molecule has 0 spiro atoms. The van der Waals surface area contributed by atoms with Gasteiger partial charge in [-0.2, -0.15) is 11.8 Å². The molecule has 1 atom stereocenters. The molecule has 0 saturated carbocycles. The molecule has 0 radical (unpaired) electrons. The molecule has 0 aliphatic heterocycles. The average molecular weight is 272 g/mol. The van der Waals surface area contributed by atoms with Crippen LogP contribution in [0.5, 0.6) is 0 Å². The fraction of sp³-hybridized carbons (Fsp3) is 0.400. The first kappa shape index (κ1) is 11.9. The van der Waals surface area contributed by atoms with Gasteiger partial charge in [0.1, 0.15) is 4.83 Å². The topological polar surface area (TPSA) is 37.8 Å².